The van der Waals surface area contributed by atoms with Crippen LogP contribution in [0, 0.1) is 0 Å². The third kappa shape index (κ3) is 0.987. The number of hydrogen-bond donors (Lipinski definition) is 2. The molecule has 0 amide bonds. The smallest absolute Gasteiger partial charge is 0.203 e. The Morgan fingerprint density at radius 2 is 2.14 bits per heavy atom. The van der Waals surface area contributed by atoms with Crippen molar-refractivity contribution in [2.45, 2.75) is 0 Å². The largest absolute Gasteiger partial charge is 0.398 e. The molecule has 1 unspecified atom stereocenters. The molecular formula is C10H9N2S2+. The Kier molecular flexibility index (Phi) is 1.58. The minimum absolute atomic E-state index is 0.209. The van der Waals surface area contributed by atoms with Crippen LogP contribution < -0.4 is 10.9 Å². The van der Waals surface area contributed by atoms with Crippen LogP contribution in [-0.4, -0.2) is 0 Å². The van der Waals surface area contributed by atoms with E-state index in [0.29, 0.717) is 0 Å². The van der Waals surface area contributed by atoms with Gasteiger partial charge in [-0.3, -0.25) is 0 Å². The van der Waals surface area contributed by atoms with Gasteiger partial charge in [0.2, 0.25) is 4.70 Å². The second kappa shape index (κ2) is 2.70. The van der Waals surface area contributed by atoms with Gasteiger partial charge in [-0.05, 0) is 6.07 Å². The molecule has 2 heterocycles. The highest BCUT2D eigenvalue weighted by atomic mass is 32.2. The molecule has 0 aliphatic heterocycles. The number of anilines is 1. The lowest BCUT2D eigenvalue weighted by Gasteiger charge is -1.90. The average Bonchev–Trinajstić information content (AvgIpc) is 2.71. The summed E-state index contributed by atoms with van der Waals surface area (Å²) < 4.78 is 2.47. The topological polar surface area (TPSA) is 52.0 Å². The van der Waals surface area contributed by atoms with Gasteiger partial charge in [0, 0.05) is 33.0 Å². The zero-order valence-electron chi connectivity index (χ0n) is 7.36. The Morgan fingerprint density at radius 1 is 1.29 bits per heavy atom. The number of hydrogen-bond acceptors (Lipinski definition) is 3. The highest BCUT2D eigenvalue weighted by Gasteiger charge is 2.11. The maximum atomic E-state index is 5.96. The van der Waals surface area contributed by atoms with Gasteiger partial charge in [-0.15, -0.1) is 16.5 Å². The van der Waals surface area contributed by atoms with Gasteiger partial charge in [0.05, 0.1) is 16.3 Å². The van der Waals surface area contributed by atoms with Crippen LogP contribution in [0.25, 0.3) is 20.2 Å². The SMILES string of the molecule is Nc1csc2cc3c(cc[s+]3N)cc12. The Balaban J connectivity index is 2.56. The summed E-state index contributed by atoms with van der Waals surface area (Å²) in [5.41, 5.74) is 6.73. The van der Waals surface area contributed by atoms with E-state index in [4.69, 9.17) is 10.9 Å². The average molecular weight is 221 g/mol. The summed E-state index contributed by atoms with van der Waals surface area (Å²) in [7, 11) is -0.209. The van der Waals surface area contributed by atoms with E-state index in [-0.39, 0.29) is 10.7 Å². The lowest BCUT2D eigenvalue weighted by Crippen LogP contribution is -1.80. The monoisotopic (exact) mass is 221 g/mol. The maximum absolute atomic E-state index is 5.96. The number of nitrogen functional groups attached to an aromatic ring is 2. The predicted molar refractivity (Wildman–Crippen MR) is 66.4 cm³/mol. The number of rotatable bonds is 0. The number of thiophene rings is 2. The Bertz CT molecular complexity index is 565. The van der Waals surface area contributed by atoms with E-state index in [1.165, 1.54) is 14.8 Å². The molecule has 0 bridgehead atoms. The molecule has 1 aromatic carbocycles. The van der Waals surface area contributed by atoms with E-state index in [2.05, 4.69) is 18.2 Å². The maximum Gasteiger partial charge on any atom is 0.203 e. The molecule has 0 spiro atoms. The lowest BCUT2D eigenvalue weighted by atomic mass is 10.2. The third-order valence-corrected chi connectivity index (χ3v) is 4.64. The van der Waals surface area contributed by atoms with Crippen LogP contribution in [0.2, 0.25) is 0 Å². The Labute approximate surface area is 87.9 Å². The van der Waals surface area contributed by atoms with Crippen molar-refractivity contribution >= 4 is 47.9 Å². The van der Waals surface area contributed by atoms with Crippen LogP contribution in [0.1, 0.15) is 0 Å². The second-order valence-corrected chi connectivity index (χ2v) is 5.62. The molecule has 2 aromatic heterocycles. The molecule has 70 valence electrons. The first-order chi connectivity index (χ1) is 6.75. The quantitative estimate of drug-likeness (QED) is 0.573. The van der Waals surface area contributed by atoms with Crippen LogP contribution in [-0.2, 0) is 0 Å². The van der Waals surface area contributed by atoms with E-state index in [9.17, 15) is 0 Å². The number of fused-ring (bicyclic) bond motifs is 2. The van der Waals surface area contributed by atoms with Crippen molar-refractivity contribution in [1.29, 1.82) is 0 Å². The summed E-state index contributed by atoms with van der Waals surface area (Å²) in [6, 6.07) is 6.37. The fourth-order valence-electron chi connectivity index (χ4n) is 1.65. The molecule has 3 aromatic rings. The summed E-state index contributed by atoms with van der Waals surface area (Å²) in [5, 5.41) is 12.4. The molecule has 4 heteroatoms. The molecule has 0 radical (unpaired) electrons. The van der Waals surface area contributed by atoms with Gasteiger partial charge < -0.3 is 5.73 Å². The molecule has 4 N–H and O–H groups in total. The Hall–Kier alpha value is -1.10. The van der Waals surface area contributed by atoms with Gasteiger partial charge in [0.15, 0.2) is 5.38 Å². The van der Waals surface area contributed by atoms with Gasteiger partial charge >= 0.3 is 0 Å². The van der Waals surface area contributed by atoms with Gasteiger partial charge in [-0.25, -0.2) is 0 Å². The molecule has 0 aliphatic rings. The van der Waals surface area contributed by atoms with E-state index >= 15 is 0 Å². The van der Waals surface area contributed by atoms with Crippen LogP contribution >= 0.6 is 22.0 Å². The van der Waals surface area contributed by atoms with Crippen molar-refractivity contribution in [2.75, 3.05) is 10.9 Å². The van der Waals surface area contributed by atoms with Crippen LogP contribution in [0.5, 0.6) is 0 Å². The first-order valence-corrected chi connectivity index (χ1v) is 6.45. The van der Waals surface area contributed by atoms with Crippen LogP contribution in [0.3, 0.4) is 0 Å². The lowest BCUT2D eigenvalue weighted by molar-refractivity contribution is 1.93. The first kappa shape index (κ1) is 8.23. The summed E-state index contributed by atoms with van der Waals surface area (Å²) >= 11 is 1.68. The second-order valence-electron chi connectivity index (χ2n) is 3.25. The van der Waals surface area contributed by atoms with Crippen molar-refractivity contribution in [3.63, 3.8) is 0 Å². The minimum atomic E-state index is -0.209. The van der Waals surface area contributed by atoms with Gasteiger partial charge in [-0.1, -0.05) is 0 Å². The van der Waals surface area contributed by atoms with Crippen LogP contribution in [0.15, 0.2) is 29.0 Å². The Morgan fingerprint density at radius 3 is 3.00 bits per heavy atom. The molecular weight excluding hydrogens is 212 g/mol. The summed E-state index contributed by atoms with van der Waals surface area (Å²) in [5.74, 6) is 0. The normalized spacial score (nSPS) is 12.8. The minimum Gasteiger partial charge on any atom is -0.398 e. The molecule has 0 aliphatic carbocycles. The van der Waals surface area contributed by atoms with E-state index < -0.39 is 0 Å². The zero-order valence-corrected chi connectivity index (χ0v) is 8.99. The molecule has 0 saturated carbocycles. The van der Waals surface area contributed by atoms with Crippen molar-refractivity contribution < 1.29 is 0 Å². The molecule has 2 nitrogen and oxygen atoms in total. The number of benzene rings is 1. The number of nitrogens with two attached hydrogens (primary N) is 2. The van der Waals surface area contributed by atoms with E-state index in [1.54, 1.807) is 11.3 Å². The molecule has 3 rings (SSSR count). The van der Waals surface area contributed by atoms with Gasteiger partial charge in [-0.2, -0.15) is 0 Å². The van der Waals surface area contributed by atoms with E-state index in [1.807, 2.05) is 10.8 Å². The predicted octanol–water partition coefficient (Wildman–Crippen LogP) is 3.10. The fourth-order valence-corrected chi connectivity index (χ4v) is 3.68. The summed E-state index contributed by atoms with van der Waals surface area (Å²) in [6.45, 7) is 0. The zero-order chi connectivity index (χ0) is 9.71. The molecule has 1 atom stereocenters. The standard InChI is InChI=1S/C10H9N2S2/c11-8-5-13-9-4-10-6(3-7(8)9)1-2-14(10)12/h1-5H,11-12H2/q+1. The van der Waals surface area contributed by atoms with Gasteiger partial charge in [0.1, 0.15) is 0 Å². The summed E-state index contributed by atoms with van der Waals surface area (Å²) in [6.07, 6.45) is 0. The van der Waals surface area contributed by atoms with E-state index in [0.717, 1.165) is 11.1 Å². The molecule has 0 fully saturated rings. The van der Waals surface area contributed by atoms with Gasteiger partial charge in [0.25, 0.3) is 0 Å². The third-order valence-electron chi connectivity index (χ3n) is 2.38. The van der Waals surface area contributed by atoms with Crippen molar-refractivity contribution in [3.05, 3.63) is 29.0 Å². The highest BCUT2D eigenvalue weighted by Crippen LogP contribution is 2.35. The van der Waals surface area contributed by atoms with Crippen molar-refractivity contribution in [1.82, 2.24) is 0 Å². The highest BCUT2D eigenvalue weighted by molar-refractivity contribution is 7.36. The van der Waals surface area contributed by atoms with Crippen molar-refractivity contribution in [2.24, 2.45) is 0 Å². The van der Waals surface area contributed by atoms with Crippen LogP contribution in [0.4, 0.5) is 5.69 Å². The molecule has 0 saturated heterocycles. The van der Waals surface area contributed by atoms with Crippen molar-refractivity contribution in [3.8, 4) is 0 Å². The first-order valence-electron chi connectivity index (χ1n) is 4.22. The summed E-state index contributed by atoms with van der Waals surface area (Å²) in [4.78, 5) is 0. The fraction of sp³-hybridized carbons (Fsp3) is 0. The molecule has 14 heavy (non-hydrogen) atoms.